The van der Waals surface area contributed by atoms with Crippen molar-refractivity contribution in [3.63, 3.8) is 0 Å². The van der Waals surface area contributed by atoms with Crippen molar-refractivity contribution in [2.75, 3.05) is 0 Å². The molecule has 2 aromatic rings. The lowest BCUT2D eigenvalue weighted by Crippen LogP contribution is -2.05. The molecule has 0 aliphatic carbocycles. The molecule has 1 aromatic carbocycles. The fourth-order valence-corrected chi connectivity index (χ4v) is 2.59. The van der Waals surface area contributed by atoms with Gasteiger partial charge in [-0.05, 0) is 52.0 Å². The van der Waals surface area contributed by atoms with Gasteiger partial charge in [-0.1, -0.05) is 12.1 Å². The highest BCUT2D eigenvalue weighted by atomic mass is 79.9. The third-order valence-electron chi connectivity index (χ3n) is 2.43. The summed E-state index contributed by atoms with van der Waals surface area (Å²) in [6.07, 6.45) is 0. The molecule has 0 bridgehead atoms. The van der Waals surface area contributed by atoms with Crippen LogP contribution in [-0.2, 0) is 6.61 Å². The van der Waals surface area contributed by atoms with Crippen molar-refractivity contribution in [1.82, 2.24) is 0 Å². The minimum absolute atomic E-state index is 0.0395. The maximum Gasteiger partial charge on any atom is 0.134 e. The molecule has 0 saturated heterocycles. The van der Waals surface area contributed by atoms with Crippen LogP contribution < -0.4 is 10.5 Å². The molecule has 0 aliphatic heterocycles. The Hall–Kier alpha value is -0.840. The second kappa shape index (κ2) is 5.67. The van der Waals surface area contributed by atoms with E-state index >= 15 is 0 Å². The van der Waals surface area contributed by atoms with Crippen LogP contribution in [0.3, 0.4) is 0 Å². The van der Waals surface area contributed by atoms with Gasteiger partial charge in [0.05, 0.1) is 4.47 Å². The van der Waals surface area contributed by atoms with Crippen LogP contribution in [0.2, 0.25) is 0 Å². The number of thiophene rings is 1. The molecule has 0 fully saturated rings. The monoisotopic (exact) mass is 311 g/mol. The number of hydrogen-bond donors (Lipinski definition) is 1. The van der Waals surface area contributed by atoms with Crippen LogP contribution in [0.5, 0.6) is 5.75 Å². The standard InChI is InChI=1S/C13H14BrNOS/c1-9(15)10-4-5-13(12(14)7-10)16-8-11-3-2-6-17-11/h2-7,9H,8,15H2,1H3. The van der Waals surface area contributed by atoms with Gasteiger partial charge >= 0.3 is 0 Å². The smallest absolute Gasteiger partial charge is 0.134 e. The molecule has 2 nitrogen and oxygen atoms in total. The van der Waals surface area contributed by atoms with E-state index in [0.29, 0.717) is 6.61 Å². The molecule has 1 atom stereocenters. The summed E-state index contributed by atoms with van der Waals surface area (Å²) >= 11 is 5.20. The highest BCUT2D eigenvalue weighted by Gasteiger charge is 2.06. The molecule has 0 amide bonds. The Morgan fingerprint density at radius 3 is 2.82 bits per heavy atom. The first kappa shape index (κ1) is 12.6. The lowest BCUT2D eigenvalue weighted by atomic mass is 10.1. The molecule has 1 heterocycles. The number of ether oxygens (including phenoxy) is 1. The molecule has 4 heteroatoms. The summed E-state index contributed by atoms with van der Waals surface area (Å²) in [6, 6.07) is 10.1. The van der Waals surface area contributed by atoms with Crippen LogP contribution in [0.25, 0.3) is 0 Å². The van der Waals surface area contributed by atoms with Crippen molar-refractivity contribution in [1.29, 1.82) is 0 Å². The van der Waals surface area contributed by atoms with Crippen molar-refractivity contribution >= 4 is 27.3 Å². The zero-order valence-corrected chi connectivity index (χ0v) is 11.9. The number of nitrogens with two attached hydrogens (primary N) is 1. The van der Waals surface area contributed by atoms with Gasteiger partial charge in [-0.25, -0.2) is 0 Å². The molecule has 2 N–H and O–H groups in total. The van der Waals surface area contributed by atoms with Crippen LogP contribution in [-0.4, -0.2) is 0 Å². The Morgan fingerprint density at radius 1 is 1.41 bits per heavy atom. The number of halogens is 1. The summed E-state index contributed by atoms with van der Waals surface area (Å²) < 4.78 is 6.69. The maximum atomic E-state index is 5.82. The highest BCUT2D eigenvalue weighted by molar-refractivity contribution is 9.10. The van der Waals surface area contributed by atoms with Gasteiger partial charge in [0.15, 0.2) is 0 Å². The average Bonchev–Trinajstić information content (AvgIpc) is 2.80. The first-order chi connectivity index (χ1) is 8.16. The molecule has 0 aliphatic rings. The van der Waals surface area contributed by atoms with E-state index in [-0.39, 0.29) is 6.04 Å². The van der Waals surface area contributed by atoms with Gasteiger partial charge < -0.3 is 10.5 Å². The molecule has 2 rings (SSSR count). The minimum atomic E-state index is 0.0395. The summed E-state index contributed by atoms with van der Waals surface area (Å²) in [5.41, 5.74) is 6.92. The van der Waals surface area contributed by atoms with E-state index in [1.807, 2.05) is 36.6 Å². The molecule has 17 heavy (non-hydrogen) atoms. The van der Waals surface area contributed by atoms with Gasteiger partial charge in [-0.15, -0.1) is 11.3 Å². The topological polar surface area (TPSA) is 35.2 Å². The first-order valence-corrected chi connectivity index (χ1v) is 7.04. The Kier molecular flexibility index (Phi) is 4.20. The van der Waals surface area contributed by atoms with E-state index in [4.69, 9.17) is 10.5 Å². The summed E-state index contributed by atoms with van der Waals surface area (Å²) in [6.45, 7) is 2.57. The Morgan fingerprint density at radius 2 is 2.24 bits per heavy atom. The molecule has 90 valence electrons. The Balaban J connectivity index is 2.06. The summed E-state index contributed by atoms with van der Waals surface area (Å²) in [4.78, 5) is 1.22. The predicted molar refractivity (Wildman–Crippen MR) is 75.4 cm³/mol. The van der Waals surface area contributed by atoms with Crippen LogP contribution in [0.15, 0.2) is 40.2 Å². The van der Waals surface area contributed by atoms with Crippen molar-refractivity contribution in [2.45, 2.75) is 19.6 Å². The van der Waals surface area contributed by atoms with Crippen molar-refractivity contribution in [3.8, 4) is 5.75 Å². The summed E-state index contributed by atoms with van der Waals surface area (Å²) in [5.74, 6) is 0.850. The fraction of sp³-hybridized carbons (Fsp3) is 0.231. The quantitative estimate of drug-likeness (QED) is 0.922. The molecule has 1 aromatic heterocycles. The van der Waals surface area contributed by atoms with Crippen LogP contribution >= 0.6 is 27.3 Å². The SMILES string of the molecule is CC(N)c1ccc(OCc2cccs2)c(Br)c1. The van der Waals surface area contributed by atoms with Gasteiger partial charge in [0.2, 0.25) is 0 Å². The third-order valence-corrected chi connectivity index (χ3v) is 3.90. The molecule has 0 radical (unpaired) electrons. The Bertz CT molecular complexity index is 482. The second-order valence-electron chi connectivity index (χ2n) is 3.85. The summed E-state index contributed by atoms with van der Waals surface area (Å²) in [7, 11) is 0. The number of hydrogen-bond acceptors (Lipinski definition) is 3. The normalized spacial score (nSPS) is 12.4. The van der Waals surface area contributed by atoms with E-state index in [2.05, 4.69) is 22.0 Å². The second-order valence-corrected chi connectivity index (χ2v) is 5.73. The van der Waals surface area contributed by atoms with Gasteiger partial charge in [0.1, 0.15) is 12.4 Å². The van der Waals surface area contributed by atoms with Gasteiger partial charge in [-0.2, -0.15) is 0 Å². The average molecular weight is 312 g/mol. The lowest BCUT2D eigenvalue weighted by molar-refractivity contribution is 0.307. The molecular formula is C13H14BrNOS. The van der Waals surface area contributed by atoms with Crippen LogP contribution in [0.1, 0.15) is 23.4 Å². The maximum absolute atomic E-state index is 5.82. The molecule has 0 saturated carbocycles. The zero-order valence-electron chi connectivity index (χ0n) is 9.52. The first-order valence-electron chi connectivity index (χ1n) is 5.37. The van der Waals surface area contributed by atoms with E-state index < -0.39 is 0 Å². The van der Waals surface area contributed by atoms with Crippen molar-refractivity contribution in [2.24, 2.45) is 5.73 Å². The number of benzene rings is 1. The Labute approximate surface area is 114 Å². The van der Waals surface area contributed by atoms with E-state index in [0.717, 1.165) is 15.8 Å². The zero-order chi connectivity index (χ0) is 12.3. The molecule has 0 spiro atoms. The van der Waals surface area contributed by atoms with Crippen LogP contribution in [0, 0.1) is 0 Å². The van der Waals surface area contributed by atoms with E-state index in [1.54, 1.807) is 11.3 Å². The van der Waals surface area contributed by atoms with Crippen molar-refractivity contribution < 1.29 is 4.74 Å². The lowest BCUT2D eigenvalue weighted by Gasteiger charge is -2.10. The number of rotatable bonds is 4. The fourth-order valence-electron chi connectivity index (χ4n) is 1.46. The molecule has 1 unspecified atom stereocenters. The van der Waals surface area contributed by atoms with Gasteiger partial charge in [-0.3, -0.25) is 0 Å². The molecular weight excluding hydrogens is 298 g/mol. The largest absolute Gasteiger partial charge is 0.487 e. The van der Waals surface area contributed by atoms with Crippen LogP contribution in [0.4, 0.5) is 0 Å². The van der Waals surface area contributed by atoms with Gasteiger partial charge in [0, 0.05) is 10.9 Å². The van der Waals surface area contributed by atoms with E-state index in [9.17, 15) is 0 Å². The van der Waals surface area contributed by atoms with E-state index in [1.165, 1.54) is 4.88 Å². The highest BCUT2D eigenvalue weighted by Crippen LogP contribution is 2.28. The third kappa shape index (κ3) is 3.31. The predicted octanol–water partition coefficient (Wildman–Crippen LogP) is 4.11. The summed E-state index contributed by atoms with van der Waals surface area (Å²) in [5, 5.41) is 2.05. The minimum Gasteiger partial charge on any atom is -0.487 e. The van der Waals surface area contributed by atoms with Crippen molar-refractivity contribution in [3.05, 3.63) is 50.6 Å². The van der Waals surface area contributed by atoms with Gasteiger partial charge in [0.25, 0.3) is 0 Å².